The Hall–Kier alpha value is -1.01. The summed E-state index contributed by atoms with van der Waals surface area (Å²) in [4.78, 5) is 49.9. The minimum absolute atomic E-state index is 0. The fourth-order valence-corrected chi connectivity index (χ4v) is 0. The third-order valence-corrected chi connectivity index (χ3v) is 0. The van der Waals surface area contributed by atoms with Gasteiger partial charge in [0.1, 0.15) is 0 Å². The van der Waals surface area contributed by atoms with Crippen LogP contribution in [-0.4, -0.2) is 85.2 Å². The molecule has 114 valence electrons. The zero-order valence-electron chi connectivity index (χ0n) is 10.7. The number of hydrogen-bond donors (Lipinski definition) is 2. The Morgan fingerprint density at radius 3 is 1.05 bits per heavy atom. The standard InChI is InChI=1S/C2H4O2.CH2O2.2CO2.CH4.2CH3.2Mg.H2O.O/c1-2(3)4;3*2-1-3;;;;;;;/h1H3,(H,3,4);1H,(H,2,3);;;1H4;2*1H3;;;1H2;/q;;;;;2*-1;;+2;;. The van der Waals surface area contributed by atoms with Gasteiger partial charge in [0, 0.05) is 6.92 Å². The monoisotopic (exact) mass is 322 g/mol. The van der Waals surface area contributed by atoms with Gasteiger partial charge in [0.2, 0.25) is 0 Å². The number of carbonyl (C=O) groups excluding carboxylic acids is 4. The summed E-state index contributed by atoms with van der Waals surface area (Å²) in [6, 6.07) is 0. The van der Waals surface area contributed by atoms with E-state index < -0.39 is 5.97 Å². The average molecular weight is 323 g/mol. The third kappa shape index (κ3) is 4280. The molecule has 0 aliphatic rings. The van der Waals surface area contributed by atoms with Gasteiger partial charge in [0.05, 0.1) is 0 Å². The van der Waals surface area contributed by atoms with Gasteiger partial charge in [-0.05, 0) is 0 Å². The molecule has 0 aromatic carbocycles. The average Bonchev–Trinajstić information content (AvgIpc) is 2.09. The second-order valence-electron chi connectivity index (χ2n) is 0.791. The van der Waals surface area contributed by atoms with Crippen molar-refractivity contribution in [2.24, 2.45) is 0 Å². The van der Waals surface area contributed by atoms with E-state index in [4.69, 9.17) is 42.2 Å². The molecule has 0 saturated carbocycles. The normalized spacial score (nSPS) is 2.95. The van der Waals surface area contributed by atoms with Gasteiger partial charge in [-0.3, -0.25) is 9.59 Å². The molecule has 0 saturated heterocycles. The van der Waals surface area contributed by atoms with E-state index in [0.29, 0.717) is 21.7 Å². The molecule has 4 N–H and O–H groups in total. The Kier molecular flexibility index (Phi) is 792. The molecule has 0 aromatic rings. The van der Waals surface area contributed by atoms with Crippen molar-refractivity contribution in [1.29, 1.82) is 0 Å². The van der Waals surface area contributed by atoms with Gasteiger partial charge in [-0.25, -0.2) is 0 Å². The number of hydrogen-bond acceptors (Lipinski definition) is 7. The van der Waals surface area contributed by atoms with E-state index in [9.17, 15) is 0 Å². The van der Waals surface area contributed by atoms with Gasteiger partial charge in [0.15, 0.2) is 0 Å². The molecular formula is C8H18Mg2O10. The summed E-state index contributed by atoms with van der Waals surface area (Å²) in [5.74, 6) is -0.833. The second kappa shape index (κ2) is 208. The van der Waals surface area contributed by atoms with Crippen LogP contribution in [-0.2, 0) is 31.9 Å². The van der Waals surface area contributed by atoms with Gasteiger partial charge < -0.3 is 30.5 Å². The van der Waals surface area contributed by atoms with Crippen molar-refractivity contribution in [3.05, 3.63) is 14.9 Å². The molecule has 0 heterocycles. The first kappa shape index (κ1) is 76.0. The van der Waals surface area contributed by atoms with Crippen LogP contribution in [0, 0.1) is 14.9 Å². The van der Waals surface area contributed by atoms with Crippen molar-refractivity contribution >= 4 is 69.5 Å². The SMILES string of the molecule is C.CC(=O)O.O.O=C=O.O=C=O.O=CO.[CH3-].[CH3-].[Mg+2].[O]=[Mg]. The molecular weight excluding hydrogens is 305 g/mol. The van der Waals surface area contributed by atoms with Crippen molar-refractivity contribution in [3.8, 4) is 0 Å². The maximum atomic E-state index is 9.00. The predicted molar refractivity (Wildman–Crippen MR) is 67.4 cm³/mol. The Morgan fingerprint density at radius 1 is 1.05 bits per heavy atom. The van der Waals surface area contributed by atoms with E-state index >= 15 is 0 Å². The summed E-state index contributed by atoms with van der Waals surface area (Å²) in [6.07, 6.45) is 0.500. The van der Waals surface area contributed by atoms with E-state index in [0.717, 1.165) is 6.92 Å². The van der Waals surface area contributed by atoms with Gasteiger partial charge >= 0.3 is 60.2 Å². The quantitative estimate of drug-likeness (QED) is 0.302. The van der Waals surface area contributed by atoms with Crippen molar-refractivity contribution < 1.29 is 47.6 Å². The number of rotatable bonds is 0. The van der Waals surface area contributed by atoms with Crippen LogP contribution in [0.5, 0.6) is 0 Å². The van der Waals surface area contributed by atoms with Crippen LogP contribution in [0.3, 0.4) is 0 Å². The van der Waals surface area contributed by atoms with Crippen LogP contribution in [0.4, 0.5) is 0 Å². The Balaban J connectivity index is -0.00000000745. The van der Waals surface area contributed by atoms with Crippen molar-refractivity contribution in [2.75, 3.05) is 0 Å². The van der Waals surface area contributed by atoms with E-state index in [-0.39, 0.29) is 69.6 Å². The molecule has 0 spiro atoms. The zero-order valence-corrected chi connectivity index (χ0v) is 13.6. The molecule has 0 bridgehead atoms. The number of carbonyl (C=O) groups is 2. The Bertz CT molecular complexity index is 181. The summed E-state index contributed by atoms with van der Waals surface area (Å²) >= 11 is 0.611. The van der Waals surface area contributed by atoms with Crippen LogP contribution >= 0.6 is 0 Å². The Morgan fingerprint density at radius 2 is 1.05 bits per heavy atom. The second-order valence-corrected chi connectivity index (χ2v) is 0.791. The van der Waals surface area contributed by atoms with Crippen molar-refractivity contribution in [1.82, 2.24) is 0 Å². The van der Waals surface area contributed by atoms with Gasteiger partial charge in [-0.2, -0.15) is 19.2 Å². The van der Waals surface area contributed by atoms with Gasteiger partial charge in [-0.15, -0.1) is 0 Å². The molecule has 0 rings (SSSR count). The fourth-order valence-electron chi connectivity index (χ4n) is 0. The minimum atomic E-state index is -0.833. The maximum absolute atomic E-state index is 9.00. The molecule has 0 aliphatic heterocycles. The van der Waals surface area contributed by atoms with Crippen LogP contribution in [0.25, 0.3) is 0 Å². The zero-order chi connectivity index (χ0) is 13.7. The van der Waals surface area contributed by atoms with Gasteiger partial charge in [0.25, 0.3) is 12.4 Å². The summed E-state index contributed by atoms with van der Waals surface area (Å²) in [5.41, 5.74) is 0. The van der Waals surface area contributed by atoms with Crippen molar-refractivity contribution in [3.63, 3.8) is 0 Å². The van der Waals surface area contributed by atoms with Crippen LogP contribution in [0.15, 0.2) is 0 Å². The molecule has 0 unspecified atom stereocenters. The van der Waals surface area contributed by atoms with Crippen LogP contribution in [0.2, 0.25) is 0 Å². The number of aliphatic carboxylic acids is 1. The van der Waals surface area contributed by atoms with Crippen molar-refractivity contribution in [2.45, 2.75) is 14.4 Å². The Labute approximate surface area is 146 Å². The summed E-state index contributed by atoms with van der Waals surface area (Å²) in [7, 11) is 0. The van der Waals surface area contributed by atoms with E-state index in [1.54, 1.807) is 0 Å². The first-order chi connectivity index (χ1) is 6.97. The van der Waals surface area contributed by atoms with Gasteiger partial charge in [-0.1, -0.05) is 7.43 Å². The molecule has 20 heavy (non-hydrogen) atoms. The third-order valence-electron chi connectivity index (χ3n) is 0. The number of carboxylic acids is 1. The summed E-state index contributed by atoms with van der Waals surface area (Å²) < 4.78 is 8.28. The molecule has 0 radical (unpaired) electrons. The molecule has 0 fully saturated rings. The molecule has 0 atom stereocenters. The summed E-state index contributed by atoms with van der Waals surface area (Å²) in [6.45, 7) is 0.833. The van der Waals surface area contributed by atoms with E-state index in [2.05, 4.69) is 0 Å². The first-order valence-electron chi connectivity index (χ1n) is 2.53. The number of carboxylic acid groups (broad SMARTS) is 2. The van der Waals surface area contributed by atoms with E-state index in [1.807, 2.05) is 0 Å². The fraction of sp³-hybridized carbons (Fsp3) is 0.250. The summed E-state index contributed by atoms with van der Waals surface area (Å²) in [5, 5.41) is 14.3. The molecule has 0 aromatic heterocycles. The first-order valence-corrected chi connectivity index (χ1v) is 3.10. The molecule has 10 nitrogen and oxygen atoms in total. The van der Waals surface area contributed by atoms with E-state index in [1.165, 1.54) is 0 Å². The topological polar surface area (TPSA) is 191 Å². The van der Waals surface area contributed by atoms with Crippen LogP contribution in [0.1, 0.15) is 14.4 Å². The molecule has 0 amide bonds. The molecule has 0 aliphatic carbocycles. The predicted octanol–water partition coefficient (Wildman–Crippen LogP) is -1.54. The van der Waals surface area contributed by atoms with Crippen LogP contribution < -0.4 is 0 Å². The molecule has 12 heteroatoms.